The fourth-order valence-corrected chi connectivity index (χ4v) is 0.480. The first-order valence-electron chi connectivity index (χ1n) is 2.29. The SMILES string of the molecule is [C-]#[N+]Cc1ccco1. The van der Waals surface area contributed by atoms with Crippen LogP contribution in [-0.4, -0.2) is 0 Å². The Bertz CT molecular complexity index is 183. The van der Waals surface area contributed by atoms with E-state index < -0.39 is 0 Å². The molecule has 2 heteroatoms. The predicted octanol–water partition coefficient (Wildman–Crippen LogP) is 1.70. The summed E-state index contributed by atoms with van der Waals surface area (Å²) in [5.74, 6) is 0.736. The van der Waals surface area contributed by atoms with Crippen molar-refractivity contribution in [1.82, 2.24) is 0 Å². The molecule has 0 N–H and O–H groups in total. The van der Waals surface area contributed by atoms with Crippen LogP contribution in [0.2, 0.25) is 0 Å². The fraction of sp³-hybridized carbons (Fsp3) is 0.167. The molecule has 0 aliphatic carbocycles. The van der Waals surface area contributed by atoms with Gasteiger partial charge in [-0.25, -0.2) is 6.57 Å². The lowest BCUT2D eigenvalue weighted by Crippen LogP contribution is -1.67. The van der Waals surface area contributed by atoms with E-state index in [2.05, 4.69) is 4.85 Å². The number of hydrogen-bond acceptors (Lipinski definition) is 1. The molecular formula is C6H5NO. The van der Waals surface area contributed by atoms with Gasteiger partial charge in [-0.1, -0.05) is 0 Å². The van der Waals surface area contributed by atoms with Crippen molar-refractivity contribution in [1.29, 1.82) is 0 Å². The van der Waals surface area contributed by atoms with Crippen LogP contribution in [0.3, 0.4) is 0 Å². The van der Waals surface area contributed by atoms with E-state index in [1.54, 1.807) is 18.4 Å². The topological polar surface area (TPSA) is 17.5 Å². The summed E-state index contributed by atoms with van der Waals surface area (Å²) in [7, 11) is 0. The lowest BCUT2D eigenvalue weighted by Gasteiger charge is -1.75. The van der Waals surface area contributed by atoms with E-state index in [1.807, 2.05) is 0 Å². The van der Waals surface area contributed by atoms with Crippen molar-refractivity contribution in [2.24, 2.45) is 0 Å². The van der Waals surface area contributed by atoms with Gasteiger partial charge in [0.1, 0.15) is 0 Å². The van der Waals surface area contributed by atoms with Crippen LogP contribution < -0.4 is 0 Å². The van der Waals surface area contributed by atoms with Crippen LogP contribution in [0, 0.1) is 6.57 Å². The van der Waals surface area contributed by atoms with E-state index in [1.165, 1.54) is 0 Å². The van der Waals surface area contributed by atoms with Crippen LogP contribution in [0.15, 0.2) is 22.8 Å². The van der Waals surface area contributed by atoms with Gasteiger partial charge in [0, 0.05) is 0 Å². The van der Waals surface area contributed by atoms with Gasteiger partial charge in [0.15, 0.2) is 5.76 Å². The molecule has 2 nitrogen and oxygen atoms in total. The van der Waals surface area contributed by atoms with Crippen molar-refractivity contribution in [2.45, 2.75) is 6.54 Å². The summed E-state index contributed by atoms with van der Waals surface area (Å²) in [5.41, 5.74) is 0. The third kappa shape index (κ3) is 0.881. The zero-order valence-corrected chi connectivity index (χ0v) is 4.29. The minimum Gasteiger partial charge on any atom is -0.461 e. The molecule has 0 unspecified atom stereocenters. The van der Waals surface area contributed by atoms with Gasteiger partial charge >= 0.3 is 0 Å². The number of nitrogens with zero attached hydrogens (tertiary/aromatic N) is 1. The second-order valence-corrected chi connectivity index (χ2v) is 1.40. The Balaban J connectivity index is 2.67. The van der Waals surface area contributed by atoms with Crippen molar-refractivity contribution in [3.05, 3.63) is 35.6 Å². The standard InChI is InChI=1S/C6H5NO/c1-7-5-6-3-2-4-8-6/h2-4H,5H2. The van der Waals surface area contributed by atoms with Crippen LogP contribution in [-0.2, 0) is 6.54 Å². The van der Waals surface area contributed by atoms with Crippen molar-refractivity contribution in [3.8, 4) is 0 Å². The third-order valence-corrected chi connectivity index (χ3v) is 0.815. The van der Waals surface area contributed by atoms with Gasteiger partial charge in [-0.05, 0) is 12.1 Å². The molecule has 0 radical (unpaired) electrons. The van der Waals surface area contributed by atoms with Crippen molar-refractivity contribution in [2.75, 3.05) is 0 Å². The van der Waals surface area contributed by atoms with E-state index in [0.29, 0.717) is 6.54 Å². The van der Waals surface area contributed by atoms with Crippen LogP contribution in [0.5, 0.6) is 0 Å². The van der Waals surface area contributed by atoms with E-state index in [0.717, 1.165) is 5.76 Å². The van der Waals surface area contributed by atoms with Crippen LogP contribution in [0.4, 0.5) is 0 Å². The molecule has 0 fully saturated rings. The van der Waals surface area contributed by atoms with E-state index in [9.17, 15) is 0 Å². The largest absolute Gasteiger partial charge is 0.461 e. The molecule has 0 saturated heterocycles. The molecule has 0 amide bonds. The maximum Gasteiger partial charge on any atom is 0.271 e. The zero-order valence-electron chi connectivity index (χ0n) is 4.29. The summed E-state index contributed by atoms with van der Waals surface area (Å²) in [4.78, 5) is 3.13. The monoisotopic (exact) mass is 107 g/mol. The smallest absolute Gasteiger partial charge is 0.271 e. The van der Waals surface area contributed by atoms with E-state index in [4.69, 9.17) is 11.0 Å². The molecule has 0 aliphatic rings. The van der Waals surface area contributed by atoms with Gasteiger partial charge in [0.25, 0.3) is 6.54 Å². The molecule has 0 bridgehead atoms. The molecular weight excluding hydrogens is 102 g/mol. The number of hydrogen-bond donors (Lipinski definition) is 0. The highest BCUT2D eigenvalue weighted by molar-refractivity contribution is 4.99. The number of furan rings is 1. The first kappa shape index (κ1) is 4.92. The van der Waals surface area contributed by atoms with Gasteiger partial charge in [-0.3, -0.25) is 0 Å². The normalized spacial score (nSPS) is 8.38. The second-order valence-electron chi connectivity index (χ2n) is 1.40. The molecule has 8 heavy (non-hydrogen) atoms. The lowest BCUT2D eigenvalue weighted by atomic mass is 10.5. The van der Waals surface area contributed by atoms with E-state index >= 15 is 0 Å². The van der Waals surface area contributed by atoms with Gasteiger partial charge in [0.2, 0.25) is 0 Å². The summed E-state index contributed by atoms with van der Waals surface area (Å²) < 4.78 is 4.86. The van der Waals surface area contributed by atoms with Gasteiger partial charge in [0.05, 0.1) is 6.26 Å². The highest BCUT2D eigenvalue weighted by atomic mass is 16.3. The highest BCUT2D eigenvalue weighted by Crippen LogP contribution is 1.99. The van der Waals surface area contributed by atoms with Gasteiger partial charge < -0.3 is 9.26 Å². The first-order valence-corrected chi connectivity index (χ1v) is 2.29. The van der Waals surface area contributed by atoms with Crippen molar-refractivity contribution in [3.63, 3.8) is 0 Å². The Morgan fingerprint density at radius 3 is 3.12 bits per heavy atom. The molecule has 0 saturated carbocycles. The van der Waals surface area contributed by atoms with Crippen molar-refractivity contribution < 1.29 is 4.42 Å². The summed E-state index contributed by atoms with van der Waals surface area (Å²) in [5, 5.41) is 0. The molecule has 40 valence electrons. The third-order valence-electron chi connectivity index (χ3n) is 0.815. The Morgan fingerprint density at radius 2 is 2.62 bits per heavy atom. The second kappa shape index (κ2) is 2.17. The first-order chi connectivity index (χ1) is 3.93. The summed E-state index contributed by atoms with van der Waals surface area (Å²) in [6.45, 7) is 6.80. The molecule has 0 atom stereocenters. The highest BCUT2D eigenvalue weighted by Gasteiger charge is 1.92. The number of rotatable bonds is 1. The predicted molar refractivity (Wildman–Crippen MR) is 29.0 cm³/mol. The Morgan fingerprint density at radius 1 is 1.75 bits per heavy atom. The average molecular weight is 107 g/mol. The summed E-state index contributed by atoms with van der Waals surface area (Å²) >= 11 is 0. The fourth-order valence-electron chi connectivity index (χ4n) is 0.480. The zero-order chi connectivity index (χ0) is 5.82. The maximum absolute atomic E-state index is 6.44. The molecule has 1 aromatic rings. The molecule has 0 spiro atoms. The van der Waals surface area contributed by atoms with Crippen LogP contribution in [0.25, 0.3) is 4.85 Å². The van der Waals surface area contributed by atoms with Crippen LogP contribution >= 0.6 is 0 Å². The minimum absolute atomic E-state index is 0.354. The molecule has 0 aliphatic heterocycles. The average Bonchev–Trinajstić information content (AvgIpc) is 2.19. The quantitative estimate of drug-likeness (QED) is 0.499. The molecule has 1 heterocycles. The van der Waals surface area contributed by atoms with Crippen molar-refractivity contribution >= 4 is 0 Å². The molecule has 1 aromatic heterocycles. The van der Waals surface area contributed by atoms with E-state index in [-0.39, 0.29) is 0 Å². The Hall–Kier alpha value is -1.23. The lowest BCUT2D eigenvalue weighted by molar-refractivity contribution is 0.522. The summed E-state index contributed by atoms with van der Waals surface area (Å²) in [6, 6.07) is 3.57. The summed E-state index contributed by atoms with van der Waals surface area (Å²) in [6.07, 6.45) is 1.57. The Labute approximate surface area is 47.6 Å². The molecule has 0 aromatic carbocycles. The molecule has 1 rings (SSSR count). The maximum atomic E-state index is 6.44. The minimum atomic E-state index is 0.354. The Kier molecular flexibility index (Phi) is 1.34. The van der Waals surface area contributed by atoms with Gasteiger partial charge in [-0.15, -0.1) is 0 Å². The van der Waals surface area contributed by atoms with Gasteiger partial charge in [-0.2, -0.15) is 0 Å². The van der Waals surface area contributed by atoms with Crippen LogP contribution in [0.1, 0.15) is 5.76 Å².